The number of amides is 1. The molecule has 3 rings (SSSR count). The van der Waals surface area contributed by atoms with Crippen LogP contribution in [-0.2, 0) is 0 Å². The van der Waals surface area contributed by atoms with Crippen LogP contribution in [0.1, 0.15) is 29.0 Å². The first-order chi connectivity index (χ1) is 12.6. The molecule has 7 nitrogen and oxygen atoms in total. The molecule has 0 spiro atoms. The van der Waals surface area contributed by atoms with Crippen molar-refractivity contribution in [1.82, 2.24) is 20.3 Å². The standard InChI is InChI=1S/C18H18N4O3S/c1-11(13-6-5-12(24-2)9-15(13)25-3)21-17(23)14-10-26-18(22-14)16-19-7-4-8-20-16/h4-11H,1-3H3,(H,21,23). The van der Waals surface area contributed by atoms with E-state index in [2.05, 4.69) is 20.3 Å². The Morgan fingerprint density at radius 2 is 1.96 bits per heavy atom. The lowest BCUT2D eigenvalue weighted by molar-refractivity contribution is 0.0935. The summed E-state index contributed by atoms with van der Waals surface area (Å²) >= 11 is 1.33. The van der Waals surface area contributed by atoms with Crippen molar-refractivity contribution in [3.63, 3.8) is 0 Å². The van der Waals surface area contributed by atoms with Gasteiger partial charge in [0, 0.05) is 29.4 Å². The zero-order chi connectivity index (χ0) is 18.5. The lowest BCUT2D eigenvalue weighted by atomic mass is 10.1. The Balaban J connectivity index is 1.75. The largest absolute Gasteiger partial charge is 0.497 e. The van der Waals surface area contributed by atoms with Crippen molar-refractivity contribution in [2.45, 2.75) is 13.0 Å². The van der Waals surface area contributed by atoms with E-state index in [0.29, 0.717) is 28.0 Å². The van der Waals surface area contributed by atoms with E-state index in [9.17, 15) is 4.79 Å². The Morgan fingerprint density at radius 3 is 2.65 bits per heavy atom. The maximum atomic E-state index is 12.5. The molecule has 8 heteroatoms. The van der Waals surface area contributed by atoms with Crippen molar-refractivity contribution < 1.29 is 14.3 Å². The average molecular weight is 370 g/mol. The van der Waals surface area contributed by atoms with Crippen molar-refractivity contribution in [3.8, 4) is 22.3 Å². The number of aromatic nitrogens is 3. The Labute approximate surface area is 155 Å². The third-order valence-electron chi connectivity index (χ3n) is 3.75. The molecule has 1 aromatic carbocycles. The summed E-state index contributed by atoms with van der Waals surface area (Å²) in [7, 11) is 3.18. The van der Waals surface area contributed by atoms with E-state index >= 15 is 0 Å². The quantitative estimate of drug-likeness (QED) is 0.717. The maximum absolute atomic E-state index is 12.5. The molecule has 0 saturated heterocycles. The highest BCUT2D eigenvalue weighted by molar-refractivity contribution is 7.13. The highest BCUT2D eigenvalue weighted by Gasteiger charge is 2.18. The van der Waals surface area contributed by atoms with Gasteiger partial charge in [0.2, 0.25) is 0 Å². The Kier molecular flexibility index (Phi) is 5.43. The van der Waals surface area contributed by atoms with E-state index in [1.54, 1.807) is 44.1 Å². The summed E-state index contributed by atoms with van der Waals surface area (Å²) in [4.78, 5) is 25.1. The van der Waals surface area contributed by atoms with Gasteiger partial charge in [-0.3, -0.25) is 4.79 Å². The number of hydrogen-bond donors (Lipinski definition) is 1. The van der Waals surface area contributed by atoms with Crippen LogP contribution in [0.2, 0.25) is 0 Å². The second-order valence-corrected chi connectivity index (χ2v) is 6.27. The lowest BCUT2D eigenvalue weighted by Crippen LogP contribution is -2.27. The molecule has 1 N–H and O–H groups in total. The van der Waals surface area contributed by atoms with Crippen LogP contribution >= 0.6 is 11.3 Å². The third-order valence-corrected chi connectivity index (χ3v) is 4.59. The van der Waals surface area contributed by atoms with Gasteiger partial charge in [-0.1, -0.05) is 0 Å². The van der Waals surface area contributed by atoms with Gasteiger partial charge in [0.25, 0.3) is 5.91 Å². The lowest BCUT2D eigenvalue weighted by Gasteiger charge is -2.17. The second-order valence-electron chi connectivity index (χ2n) is 5.41. The highest BCUT2D eigenvalue weighted by Crippen LogP contribution is 2.29. The summed E-state index contributed by atoms with van der Waals surface area (Å²) in [5, 5.41) is 5.23. The molecule has 2 aromatic heterocycles. The number of methoxy groups -OCH3 is 2. The molecule has 26 heavy (non-hydrogen) atoms. The van der Waals surface area contributed by atoms with Gasteiger partial charge in [-0.25, -0.2) is 15.0 Å². The van der Waals surface area contributed by atoms with Gasteiger partial charge in [0.05, 0.1) is 20.3 Å². The number of benzene rings is 1. The highest BCUT2D eigenvalue weighted by atomic mass is 32.1. The molecule has 1 atom stereocenters. The molecule has 0 aliphatic heterocycles. The van der Waals surface area contributed by atoms with Crippen molar-refractivity contribution >= 4 is 17.2 Å². The number of carbonyl (C=O) groups is 1. The number of hydrogen-bond acceptors (Lipinski definition) is 7. The molecule has 134 valence electrons. The van der Waals surface area contributed by atoms with Crippen LogP contribution in [0, 0.1) is 0 Å². The number of nitrogens with zero attached hydrogens (tertiary/aromatic N) is 3. The average Bonchev–Trinajstić information content (AvgIpc) is 3.18. The number of nitrogens with one attached hydrogen (secondary N) is 1. The molecule has 1 unspecified atom stereocenters. The first-order valence-corrected chi connectivity index (χ1v) is 8.76. The summed E-state index contributed by atoms with van der Waals surface area (Å²) < 4.78 is 10.6. The summed E-state index contributed by atoms with van der Waals surface area (Å²) in [6, 6.07) is 6.95. The summed E-state index contributed by atoms with van der Waals surface area (Å²) in [5.41, 5.74) is 1.18. The predicted octanol–water partition coefficient (Wildman–Crippen LogP) is 3.11. The monoisotopic (exact) mass is 370 g/mol. The van der Waals surface area contributed by atoms with E-state index in [-0.39, 0.29) is 11.9 Å². The molecular weight excluding hydrogens is 352 g/mol. The SMILES string of the molecule is COc1ccc(C(C)NC(=O)c2csc(-c3ncccn3)n2)c(OC)c1. The van der Waals surface area contributed by atoms with Crippen molar-refractivity contribution in [2.75, 3.05) is 14.2 Å². The second kappa shape index (κ2) is 7.92. The van der Waals surface area contributed by atoms with Crippen molar-refractivity contribution in [2.24, 2.45) is 0 Å². The molecule has 0 aliphatic rings. The van der Waals surface area contributed by atoms with Gasteiger partial charge in [-0.15, -0.1) is 11.3 Å². The van der Waals surface area contributed by atoms with Crippen LogP contribution < -0.4 is 14.8 Å². The molecule has 0 radical (unpaired) electrons. The fraction of sp³-hybridized carbons (Fsp3) is 0.222. The van der Waals surface area contributed by atoms with E-state index in [4.69, 9.17) is 9.47 Å². The van der Waals surface area contributed by atoms with Gasteiger partial charge in [-0.05, 0) is 25.1 Å². The Hall–Kier alpha value is -3.00. The number of rotatable bonds is 6. The number of thiazole rings is 1. The molecule has 0 fully saturated rings. The van der Waals surface area contributed by atoms with Gasteiger partial charge >= 0.3 is 0 Å². The number of ether oxygens (including phenoxy) is 2. The van der Waals surface area contributed by atoms with Crippen LogP contribution in [0.5, 0.6) is 11.5 Å². The van der Waals surface area contributed by atoms with Crippen LogP contribution in [0.4, 0.5) is 0 Å². The van der Waals surface area contributed by atoms with Gasteiger partial charge in [-0.2, -0.15) is 0 Å². The molecule has 1 amide bonds. The van der Waals surface area contributed by atoms with Crippen molar-refractivity contribution in [1.29, 1.82) is 0 Å². The summed E-state index contributed by atoms with van der Waals surface area (Å²) in [6.45, 7) is 1.88. The zero-order valence-electron chi connectivity index (χ0n) is 14.6. The van der Waals surface area contributed by atoms with Gasteiger partial charge in [0.15, 0.2) is 10.8 Å². The van der Waals surface area contributed by atoms with Crippen molar-refractivity contribution in [3.05, 3.63) is 53.3 Å². The molecule has 0 saturated carbocycles. The topological polar surface area (TPSA) is 86.2 Å². The van der Waals surface area contributed by atoms with E-state index in [0.717, 1.165) is 5.56 Å². The minimum Gasteiger partial charge on any atom is -0.497 e. The van der Waals surface area contributed by atoms with Crippen LogP contribution in [0.25, 0.3) is 10.8 Å². The minimum atomic E-state index is -0.270. The normalized spacial score (nSPS) is 11.7. The van der Waals surface area contributed by atoms with E-state index < -0.39 is 0 Å². The number of carbonyl (C=O) groups excluding carboxylic acids is 1. The molecule has 0 bridgehead atoms. The Bertz CT molecular complexity index is 898. The van der Waals surface area contributed by atoms with Crippen LogP contribution in [0.15, 0.2) is 42.0 Å². The van der Waals surface area contributed by atoms with E-state index in [1.807, 2.05) is 19.1 Å². The summed E-state index contributed by atoms with van der Waals surface area (Å²) in [5.74, 6) is 1.57. The smallest absolute Gasteiger partial charge is 0.271 e. The first-order valence-electron chi connectivity index (χ1n) is 7.88. The van der Waals surface area contributed by atoms with Gasteiger partial charge in [0.1, 0.15) is 17.2 Å². The first kappa shape index (κ1) is 17.8. The zero-order valence-corrected chi connectivity index (χ0v) is 15.4. The van der Waals surface area contributed by atoms with Gasteiger partial charge < -0.3 is 14.8 Å². The molecule has 3 aromatic rings. The van der Waals surface area contributed by atoms with E-state index in [1.165, 1.54) is 11.3 Å². The fourth-order valence-corrected chi connectivity index (χ4v) is 3.16. The predicted molar refractivity (Wildman–Crippen MR) is 98.6 cm³/mol. The molecular formula is C18H18N4O3S. The Morgan fingerprint density at radius 1 is 1.19 bits per heavy atom. The molecule has 0 aliphatic carbocycles. The maximum Gasteiger partial charge on any atom is 0.271 e. The van der Waals surface area contributed by atoms with Crippen LogP contribution in [-0.4, -0.2) is 35.1 Å². The minimum absolute atomic E-state index is 0.263. The third kappa shape index (κ3) is 3.80. The molecule has 2 heterocycles. The summed E-state index contributed by atoms with van der Waals surface area (Å²) in [6.07, 6.45) is 3.28. The van der Waals surface area contributed by atoms with Crippen LogP contribution in [0.3, 0.4) is 0 Å². The fourth-order valence-electron chi connectivity index (χ4n) is 2.41.